The summed E-state index contributed by atoms with van der Waals surface area (Å²) in [5.41, 5.74) is 0.834. The number of H-pyrrole nitrogens is 1. The quantitative estimate of drug-likeness (QED) is 0.879. The van der Waals surface area contributed by atoms with Crippen molar-refractivity contribution in [1.29, 1.82) is 0 Å². The number of aryl methyl sites for hydroxylation is 1. The fourth-order valence-corrected chi connectivity index (χ4v) is 2.78. The first-order chi connectivity index (χ1) is 8.53. The van der Waals surface area contributed by atoms with Crippen LogP contribution in [0.15, 0.2) is 35.4 Å². The number of methoxy groups -OCH3 is 1. The van der Waals surface area contributed by atoms with E-state index in [1.54, 1.807) is 18.2 Å². The van der Waals surface area contributed by atoms with E-state index >= 15 is 0 Å². The molecule has 7 heteroatoms. The van der Waals surface area contributed by atoms with Crippen molar-refractivity contribution in [1.82, 2.24) is 10.2 Å². The molecule has 0 atom stereocenters. The predicted molar refractivity (Wildman–Crippen MR) is 67.1 cm³/mol. The van der Waals surface area contributed by atoms with Gasteiger partial charge in [0.2, 0.25) is 0 Å². The van der Waals surface area contributed by atoms with Gasteiger partial charge in [0.05, 0.1) is 13.3 Å². The van der Waals surface area contributed by atoms with Gasteiger partial charge in [-0.05, 0) is 24.6 Å². The molecule has 2 aromatic rings. The number of aromatic nitrogens is 2. The van der Waals surface area contributed by atoms with Crippen LogP contribution in [0, 0.1) is 6.92 Å². The van der Waals surface area contributed by atoms with E-state index in [-0.39, 0.29) is 4.90 Å². The lowest BCUT2D eigenvalue weighted by Crippen LogP contribution is -2.14. The number of aromatic amines is 1. The Bertz CT molecular complexity index is 636. The Hall–Kier alpha value is -2.02. The number of sulfonamides is 1. The first-order valence-corrected chi connectivity index (χ1v) is 6.68. The van der Waals surface area contributed by atoms with Gasteiger partial charge in [-0.2, -0.15) is 5.10 Å². The lowest BCUT2D eigenvalue weighted by atomic mass is 10.2. The van der Waals surface area contributed by atoms with Gasteiger partial charge in [-0.25, -0.2) is 8.42 Å². The molecular formula is C11H13N3O3S. The second kappa shape index (κ2) is 4.69. The summed E-state index contributed by atoms with van der Waals surface area (Å²) in [6, 6.07) is 6.49. The maximum absolute atomic E-state index is 12.2. The highest BCUT2D eigenvalue weighted by Crippen LogP contribution is 2.26. The second-order valence-corrected chi connectivity index (χ2v) is 5.38. The largest absolute Gasteiger partial charge is 0.495 e. The Kier molecular flexibility index (Phi) is 3.24. The molecule has 2 N–H and O–H groups in total. The Morgan fingerprint density at radius 2 is 2.11 bits per heavy atom. The normalized spacial score (nSPS) is 11.2. The first-order valence-electron chi connectivity index (χ1n) is 5.20. The summed E-state index contributed by atoms with van der Waals surface area (Å²) in [6.07, 6.45) is 1.46. The molecule has 18 heavy (non-hydrogen) atoms. The number of anilines is 1. The van der Waals surface area contributed by atoms with Crippen LogP contribution in [0.4, 0.5) is 5.82 Å². The molecule has 0 spiro atoms. The van der Waals surface area contributed by atoms with Crippen molar-refractivity contribution in [3.63, 3.8) is 0 Å². The van der Waals surface area contributed by atoms with Gasteiger partial charge in [0.25, 0.3) is 10.0 Å². The summed E-state index contributed by atoms with van der Waals surface area (Å²) in [4.78, 5) is 0.0969. The Morgan fingerprint density at radius 3 is 2.72 bits per heavy atom. The fourth-order valence-electron chi connectivity index (χ4n) is 1.51. The van der Waals surface area contributed by atoms with E-state index in [9.17, 15) is 8.42 Å². The van der Waals surface area contributed by atoms with Crippen molar-refractivity contribution in [2.45, 2.75) is 11.8 Å². The van der Waals surface area contributed by atoms with Gasteiger partial charge in [0.15, 0.2) is 0 Å². The summed E-state index contributed by atoms with van der Waals surface area (Å²) >= 11 is 0. The third-order valence-corrected chi connectivity index (χ3v) is 3.74. The molecule has 1 aromatic heterocycles. The molecule has 1 aromatic carbocycles. The number of nitrogens with zero attached hydrogens (tertiary/aromatic N) is 1. The summed E-state index contributed by atoms with van der Waals surface area (Å²) < 4.78 is 31.8. The van der Waals surface area contributed by atoms with E-state index in [4.69, 9.17) is 4.74 Å². The standard InChI is InChI=1S/C11H13N3O3S/c1-8-3-4-9(17-2)10(7-8)18(15,16)14-11-5-6-12-13-11/h3-7H,1-2H3,(H2,12,13,14). The molecule has 0 saturated carbocycles. The number of rotatable bonds is 4. The minimum atomic E-state index is -3.69. The summed E-state index contributed by atoms with van der Waals surface area (Å²) in [7, 11) is -2.26. The third kappa shape index (κ3) is 2.45. The van der Waals surface area contributed by atoms with E-state index in [2.05, 4.69) is 14.9 Å². The Labute approximate surface area is 105 Å². The molecular weight excluding hydrogens is 254 g/mol. The van der Waals surface area contributed by atoms with E-state index in [0.717, 1.165) is 5.56 Å². The van der Waals surface area contributed by atoms with E-state index in [1.165, 1.54) is 19.4 Å². The van der Waals surface area contributed by atoms with Crippen molar-refractivity contribution in [2.24, 2.45) is 0 Å². The zero-order chi connectivity index (χ0) is 13.2. The fraction of sp³-hybridized carbons (Fsp3) is 0.182. The van der Waals surface area contributed by atoms with Gasteiger partial charge in [-0.1, -0.05) is 6.07 Å². The number of hydrogen-bond acceptors (Lipinski definition) is 4. The van der Waals surface area contributed by atoms with Crippen LogP contribution in [-0.2, 0) is 10.0 Å². The van der Waals surface area contributed by atoms with E-state index in [0.29, 0.717) is 11.6 Å². The van der Waals surface area contributed by atoms with Gasteiger partial charge in [0, 0.05) is 6.07 Å². The summed E-state index contributed by atoms with van der Waals surface area (Å²) in [5, 5.41) is 6.21. The average molecular weight is 267 g/mol. The monoisotopic (exact) mass is 267 g/mol. The van der Waals surface area contributed by atoms with Crippen molar-refractivity contribution >= 4 is 15.8 Å². The molecule has 0 unspecified atom stereocenters. The van der Waals surface area contributed by atoms with Crippen LogP contribution in [0.1, 0.15) is 5.56 Å². The molecule has 96 valence electrons. The van der Waals surface area contributed by atoms with Gasteiger partial charge in [0.1, 0.15) is 16.5 Å². The van der Waals surface area contributed by atoms with Crippen molar-refractivity contribution < 1.29 is 13.2 Å². The lowest BCUT2D eigenvalue weighted by molar-refractivity contribution is 0.402. The van der Waals surface area contributed by atoms with Crippen LogP contribution in [0.3, 0.4) is 0 Å². The van der Waals surface area contributed by atoms with Gasteiger partial charge < -0.3 is 4.74 Å². The molecule has 1 heterocycles. The van der Waals surface area contributed by atoms with Crippen LogP contribution >= 0.6 is 0 Å². The molecule has 0 fully saturated rings. The van der Waals surface area contributed by atoms with Crippen LogP contribution in [-0.4, -0.2) is 25.7 Å². The predicted octanol–water partition coefficient (Wildman–Crippen LogP) is 1.53. The number of benzene rings is 1. The molecule has 0 bridgehead atoms. The maximum Gasteiger partial charge on any atom is 0.266 e. The van der Waals surface area contributed by atoms with Gasteiger partial charge >= 0.3 is 0 Å². The lowest BCUT2D eigenvalue weighted by Gasteiger charge is -2.11. The van der Waals surface area contributed by atoms with Crippen molar-refractivity contribution in [3.05, 3.63) is 36.0 Å². The zero-order valence-corrected chi connectivity index (χ0v) is 10.8. The summed E-state index contributed by atoms with van der Waals surface area (Å²) in [6.45, 7) is 1.81. The molecule has 0 saturated heterocycles. The third-order valence-electron chi connectivity index (χ3n) is 2.35. The molecule has 2 rings (SSSR count). The van der Waals surface area contributed by atoms with Crippen LogP contribution < -0.4 is 9.46 Å². The highest BCUT2D eigenvalue weighted by molar-refractivity contribution is 7.92. The molecule has 0 aliphatic rings. The van der Waals surface area contributed by atoms with Crippen molar-refractivity contribution in [2.75, 3.05) is 11.8 Å². The smallest absolute Gasteiger partial charge is 0.266 e. The minimum absolute atomic E-state index is 0.0969. The van der Waals surface area contributed by atoms with Gasteiger partial charge in [-0.3, -0.25) is 9.82 Å². The molecule has 0 aliphatic heterocycles. The van der Waals surface area contributed by atoms with Crippen LogP contribution in [0.2, 0.25) is 0 Å². The first kappa shape index (κ1) is 12.4. The highest BCUT2D eigenvalue weighted by Gasteiger charge is 2.20. The average Bonchev–Trinajstić information content (AvgIpc) is 2.81. The zero-order valence-electron chi connectivity index (χ0n) is 9.97. The van der Waals surface area contributed by atoms with E-state index in [1.807, 2.05) is 6.92 Å². The highest BCUT2D eigenvalue weighted by atomic mass is 32.2. The van der Waals surface area contributed by atoms with Crippen LogP contribution in [0.5, 0.6) is 5.75 Å². The Morgan fingerprint density at radius 1 is 1.33 bits per heavy atom. The molecule has 6 nitrogen and oxygen atoms in total. The SMILES string of the molecule is COc1ccc(C)cc1S(=O)(=O)Nc1ccn[nH]1. The van der Waals surface area contributed by atoms with Crippen molar-refractivity contribution in [3.8, 4) is 5.75 Å². The topological polar surface area (TPSA) is 84.1 Å². The Balaban J connectivity index is 2.43. The summed E-state index contributed by atoms with van der Waals surface area (Å²) in [5.74, 6) is 0.603. The molecule has 0 amide bonds. The van der Waals surface area contributed by atoms with Gasteiger partial charge in [-0.15, -0.1) is 0 Å². The number of hydrogen-bond donors (Lipinski definition) is 2. The van der Waals surface area contributed by atoms with Crippen LogP contribution in [0.25, 0.3) is 0 Å². The number of nitrogens with one attached hydrogen (secondary N) is 2. The molecule has 0 aliphatic carbocycles. The molecule has 0 radical (unpaired) electrons. The number of ether oxygens (including phenoxy) is 1. The van der Waals surface area contributed by atoms with E-state index < -0.39 is 10.0 Å². The second-order valence-electron chi connectivity index (χ2n) is 3.73. The maximum atomic E-state index is 12.2. The minimum Gasteiger partial charge on any atom is -0.495 e.